The number of carbonyl (C=O) groups is 2. The third-order valence-corrected chi connectivity index (χ3v) is 5.66. The first kappa shape index (κ1) is 23.5. The number of carbonyl (C=O) groups excluding carboxylic acids is 2. The fourth-order valence-corrected chi connectivity index (χ4v) is 4.03. The summed E-state index contributed by atoms with van der Waals surface area (Å²) >= 11 is 0. The van der Waals surface area contributed by atoms with Gasteiger partial charge in [0.25, 0.3) is 23.6 Å². The number of hydrogen-bond acceptors (Lipinski definition) is 6. The fraction of sp³-hybridized carbons (Fsp3) is 0.385. The van der Waals surface area contributed by atoms with Crippen molar-refractivity contribution in [2.45, 2.75) is 38.9 Å². The maximum Gasteiger partial charge on any atom is 0.260 e. The van der Waals surface area contributed by atoms with Gasteiger partial charge >= 0.3 is 0 Å². The molecular formula is C26H30N2O6. The first-order valence-corrected chi connectivity index (χ1v) is 11.1. The van der Waals surface area contributed by atoms with Crippen LogP contribution >= 0.6 is 0 Å². The molecular weight excluding hydrogens is 436 g/mol. The van der Waals surface area contributed by atoms with Crippen LogP contribution in [0.1, 0.15) is 48.4 Å². The lowest BCUT2D eigenvalue weighted by Gasteiger charge is -2.21. The second-order valence-corrected chi connectivity index (χ2v) is 9.57. The molecule has 2 aliphatic rings. The predicted molar refractivity (Wildman–Crippen MR) is 125 cm³/mol. The van der Waals surface area contributed by atoms with Crippen LogP contribution in [0, 0.1) is 0 Å². The van der Waals surface area contributed by atoms with E-state index in [4.69, 9.17) is 18.9 Å². The number of hydrogen-bond donors (Lipinski definition) is 0. The van der Waals surface area contributed by atoms with E-state index in [1.807, 2.05) is 27.7 Å². The molecule has 2 fully saturated rings. The quantitative estimate of drug-likeness (QED) is 0.677. The molecule has 8 heteroatoms. The Balaban J connectivity index is 1.73. The molecule has 2 saturated heterocycles. The van der Waals surface area contributed by atoms with E-state index in [1.54, 1.807) is 62.8 Å². The lowest BCUT2D eigenvalue weighted by Crippen LogP contribution is -2.35. The first-order chi connectivity index (χ1) is 16.0. The van der Waals surface area contributed by atoms with E-state index in [0.717, 1.165) is 0 Å². The highest BCUT2D eigenvalue weighted by atomic mass is 16.6. The van der Waals surface area contributed by atoms with Crippen LogP contribution in [0.15, 0.2) is 60.3 Å². The van der Waals surface area contributed by atoms with E-state index >= 15 is 0 Å². The Morgan fingerprint density at radius 3 is 1.29 bits per heavy atom. The molecule has 0 unspecified atom stereocenters. The second-order valence-electron chi connectivity index (χ2n) is 9.57. The van der Waals surface area contributed by atoms with Gasteiger partial charge in [-0.1, -0.05) is 0 Å². The zero-order chi connectivity index (χ0) is 24.7. The van der Waals surface area contributed by atoms with Gasteiger partial charge in [-0.2, -0.15) is 0 Å². The van der Waals surface area contributed by atoms with Crippen LogP contribution in [0.2, 0.25) is 0 Å². The van der Waals surface area contributed by atoms with Gasteiger partial charge in [-0.05, 0) is 76.2 Å². The van der Waals surface area contributed by atoms with Crippen molar-refractivity contribution in [2.75, 3.05) is 27.3 Å². The Bertz CT molecular complexity index is 1030. The van der Waals surface area contributed by atoms with Gasteiger partial charge in [-0.3, -0.25) is 19.4 Å². The highest BCUT2D eigenvalue weighted by molar-refractivity contribution is 5.97. The summed E-state index contributed by atoms with van der Waals surface area (Å²) < 4.78 is 22.8. The lowest BCUT2D eigenvalue weighted by molar-refractivity contribution is 0.0361. The molecule has 8 nitrogen and oxygen atoms in total. The lowest BCUT2D eigenvalue weighted by atomic mass is 10.1. The van der Waals surface area contributed by atoms with E-state index < -0.39 is 11.2 Å². The summed E-state index contributed by atoms with van der Waals surface area (Å²) in [5, 5.41) is 0. The topological polar surface area (TPSA) is 77.5 Å². The minimum Gasteiger partial charge on any atom is -0.497 e. The maximum atomic E-state index is 13.5. The smallest absolute Gasteiger partial charge is 0.260 e. The molecule has 0 bridgehead atoms. The molecule has 2 aromatic carbocycles. The third kappa shape index (κ3) is 4.53. The molecule has 2 amide bonds. The van der Waals surface area contributed by atoms with Gasteiger partial charge in [-0.15, -0.1) is 0 Å². The molecule has 2 aromatic rings. The van der Waals surface area contributed by atoms with Crippen molar-refractivity contribution in [3.8, 4) is 11.5 Å². The molecule has 2 heterocycles. The van der Waals surface area contributed by atoms with Gasteiger partial charge in [0.15, 0.2) is 0 Å². The van der Waals surface area contributed by atoms with Crippen LogP contribution in [-0.4, -0.2) is 60.1 Å². The highest BCUT2D eigenvalue weighted by Gasteiger charge is 2.48. The van der Waals surface area contributed by atoms with Crippen LogP contribution in [0.25, 0.3) is 0 Å². The number of ether oxygens (including phenoxy) is 4. The van der Waals surface area contributed by atoms with E-state index in [9.17, 15) is 9.59 Å². The molecule has 0 N–H and O–H groups in total. The van der Waals surface area contributed by atoms with Crippen molar-refractivity contribution < 1.29 is 28.5 Å². The molecule has 2 aliphatic heterocycles. The average molecular weight is 467 g/mol. The summed E-state index contributed by atoms with van der Waals surface area (Å²) in [4.78, 5) is 30.0. The Hall–Kier alpha value is -3.68. The van der Waals surface area contributed by atoms with Crippen molar-refractivity contribution in [1.82, 2.24) is 9.80 Å². The van der Waals surface area contributed by atoms with Crippen molar-refractivity contribution >= 4 is 11.8 Å². The largest absolute Gasteiger partial charge is 0.497 e. The molecule has 0 spiro atoms. The zero-order valence-electron chi connectivity index (χ0n) is 20.4. The fourth-order valence-electron chi connectivity index (χ4n) is 4.03. The number of benzene rings is 2. The van der Waals surface area contributed by atoms with Crippen LogP contribution in [0.4, 0.5) is 0 Å². The Labute approximate surface area is 199 Å². The molecule has 0 aromatic heterocycles. The zero-order valence-corrected chi connectivity index (χ0v) is 20.4. The molecule has 0 radical (unpaired) electrons. The maximum absolute atomic E-state index is 13.5. The summed E-state index contributed by atoms with van der Waals surface area (Å²) in [6, 6.07) is 13.7. The molecule has 180 valence electrons. The van der Waals surface area contributed by atoms with Crippen LogP contribution in [-0.2, 0) is 9.47 Å². The minimum absolute atomic E-state index is 0.234. The van der Waals surface area contributed by atoms with Gasteiger partial charge in [0.05, 0.1) is 27.3 Å². The Kier molecular flexibility index (Phi) is 5.93. The van der Waals surface area contributed by atoms with Gasteiger partial charge in [0, 0.05) is 11.1 Å². The predicted octanol–water partition coefficient (Wildman–Crippen LogP) is 4.03. The second kappa shape index (κ2) is 8.59. The van der Waals surface area contributed by atoms with E-state index in [1.165, 1.54) is 9.80 Å². The Morgan fingerprint density at radius 2 is 1.00 bits per heavy atom. The van der Waals surface area contributed by atoms with E-state index in [-0.39, 0.29) is 23.6 Å². The van der Waals surface area contributed by atoms with Crippen molar-refractivity contribution in [2.24, 2.45) is 0 Å². The standard InChI is InChI=1S/C26H30N2O6/c1-25(2)15-27(21(29)17-7-11-19(31-5)12-8-17)23(33-25)24-28(16-26(3,4)34-24)22(30)18-9-13-20(32-6)14-10-18/h7-14H,15-16H2,1-6H3/b24-23+. The molecule has 4 rings (SSSR count). The number of methoxy groups -OCH3 is 2. The number of nitrogens with zero attached hydrogens (tertiary/aromatic N) is 2. The minimum atomic E-state index is -0.657. The summed E-state index contributed by atoms with van der Waals surface area (Å²) in [6.07, 6.45) is 0. The van der Waals surface area contributed by atoms with Crippen LogP contribution in [0.5, 0.6) is 11.5 Å². The molecule has 34 heavy (non-hydrogen) atoms. The monoisotopic (exact) mass is 466 g/mol. The third-order valence-electron chi connectivity index (χ3n) is 5.66. The summed E-state index contributed by atoms with van der Waals surface area (Å²) in [5.74, 6) is 1.29. The SMILES string of the molecule is COc1ccc(C(=O)N2CC(C)(C)O/C2=C2/OC(C)(C)CN2C(=O)c2ccc(OC)cc2)cc1. The summed E-state index contributed by atoms with van der Waals surface area (Å²) in [6.45, 7) is 8.19. The normalized spacial score (nSPS) is 20.5. The average Bonchev–Trinajstić information content (AvgIpc) is 3.33. The van der Waals surface area contributed by atoms with Crippen LogP contribution < -0.4 is 9.47 Å². The molecule has 0 aliphatic carbocycles. The highest BCUT2D eigenvalue weighted by Crippen LogP contribution is 2.39. The molecule has 0 atom stereocenters. The van der Waals surface area contributed by atoms with Crippen molar-refractivity contribution in [3.63, 3.8) is 0 Å². The molecule has 0 saturated carbocycles. The van der Waals surface area contributed by atoms with E-state index in [2.05, 4.69) is 0 Å². The van der Waals surface area contributed by atoms with Gasteiger partial charge in [0.2, 0.25) is 0 Å². The summed E-state index contributed by atoms with van der Waals surface area (Å²) in [5.41, 5.74) is -0.360. The first-order valence-electron chi connectivity index (χ1n) is 11.1. The number of rotatable bonds is 4. The van der Waals surface area contributed by atoms with Gasteiger partial charge in [-0.25, -0.2) is 0 Å². The Morgan fingerprint density at radius 1 is 0.676 bits per heavy atom. The van der Waals surface area contributed by atoms with Gasteiger partial charge < -0.3 is 18.9 Å². The van der Waals surface area contributed by atoms with Crippen molar-refractivity contribution in [3.05, 3.63) is 71.4 Å². The number of amides is 2. The summed E-state index contributed by atoms with van der Waals surface area (Å²) in [7, 11) is 3.15. The van der Waals surface area contributed by atoms with Crippen molar-refractivity contribution in [1.29, 1.82) is 0 Å². The van der Waals surface area contributed by atoms with E-state index in [0.29, 0.717) is 35.7 Å². The van der Waals surface area contributed by atoms with Crippen LogP contribution in [0.3, 0.4) is 0 Å². The van der Waals surface area contributed by atoms with Gasteiger partial charge in [0.1, 0.15) is 22.7 Å².